The maximum Gasteiger partial charge on any atom is 0.275 e. The van der Waals surface area contributed by atoms with Crippen LogP contribution in [0.1, 0.15) is 12.0 Å². The van der Waals surface area contributed by atoms with Gasteiger partial charge >= 0.3 is 0 Å². The fourth-order valence-corrected chi connectivity index (χ4v) is 2.30. The van der Waals surface area contributed by atoms with Crippen LogP contribution in [0, 0.1) is 0 Å². The van der Waals surface area contributed by atoms with Crippen LogP contribution in [0.15, 0.2) is 36.5 Å². The molecule has 0 unspecified atom stereocenters. The molecular formula is C14H16N2O4S. The van der Waals surface area contributed by atoms with Gasteiger partial charge in [-0.2, -0.15) is 0 Å². The van der Waals surface area contributed by atoms with E-state index in [0.29, 0.717) is 16.6 Å². The molecule has 0 bridgehead atoms. The summed E-state index contributed by atoms with van der Waals surface area (Å²) in [5, 5.41) is 21.1. The number of ether oxygens (including phenoxy) is 1. The Kier molecular flexibility index (Phi) is 5.68. The number of aromatic nitrogens is 1. The molecule has 1 aromatic carbocycles. The Hall–Kier alpha value is -1.96. The topological polar surface area (TPSA) is 91.7 Å². The molecule has 112 valence electrons. The molecule has 0 radical (unpaired) electrons. The highest BCUT2D eigenvalue weighted by Crippen LogP contribution is 2.25. The van der Waals surface area contributed by atoms with Crippen molar-refractivity contribution < 1.29 is 19.7 Å². The number of carbonyl (C=O) groups is 1. The number of nitrogens with zero attached hydrogens (tertiary/aromatic N) is 1. The molecule has 1 amide bonds. The second kappa shape index (κ2) is 7.72. The van der Waals surface area contributed by atoms with Gasteiger partial charge in [0.15, 0.2) is 6.29 Å². The normalized spacial score (nSPS) is 10.6. The van der Waals surface area contributed by atoms with Crippen LogP contribution >= 0.6 is 11.3 Å². The molecule has 0 spiro atoms. The Morgan fingerprint density at radius 2 is 2.10 bits per heavy atom. The number of hydrogen-bond acceptors (Lipinski definition) is 6. The predicted molar refractivity (Wildman–Crippen MR) is 79.2 cm³/mol. The fraction of sp³-hybridized carbons (Fsp3) is 0.286. The lowest BCUT2D eigenvalue weighted by molar-refractivity contribution is -0.115. The highest BCUT2D eigenvalue weighted by Gasteiger charge is 2.08. The minimum Gasteiger partial charge on any atom is -0.470 e. The molecular weight excluding hydrogens is 292 g/mol. The van der Waals surface area contributed by atoms with Crippen molar-refractivity contribution >= 4 is 22.2 Å². The summed E-state index contributed by atoms with van der Waals surface area (Å²) < 4.78 is 5.23. The molecule has 6 nitrogen and oxygen atoms in total. The monoisotopic (exact) mass is 308 g/mol. The number of anilines is 1. The molecule has 1 aromatic heterocycles. The Morgan fingerprint density at radius 1 is 1.33 bits per heavy atom. The summed E-state index contributed by atoms with van der Waals surface area (Å²) in [7, 11) is 0. The van der Waals surface area contributed by atoms with Gasteiger partial charge in [0.05, 0.1) is 19.2 Å². The lowest BCUT2D eigenvalue weighted by Crippen LogP contribution is -2.13. The number of hydrogen-bond donors (Lipinski definition) is 3. The fourth-order valence-electron chi connectivity index (χ4n) is 1.60. The molecule has 3 N–H and O–H groups in total. The molecule has 0 saturated heterocycles. The van der Waals surface area contributed by atoms with Crippen molar-refractivity contribution in [3.05, 3.63) is 42.1 Å². The van der Waals surface area contributed by atoms with E-state index >= 15 is 0 Å². The van der Waals surface area contributed by atoms with E-state index < -0.39 is 6.29 Å². The standard InChI is InChI=1S/C14H16N2O4S/c17-11(8-10-4-2-1-3-5-10)16-12-9-15-14(21-12)20-7-6-13(18)19/h1-5,9,13,18-19H,6-8H2,(H,16,17). The van der Waals surface area contributed by atoms with Crippen molar-refractivity contribution in [1.82, 2.24) is 4.98 Å². The molecule has 0 saturated carbocycles. The van der Waals surface area contributed by atoms with E-state index in [0.717, 1.165) is 5.56 Å². The van der Waals surface area contributed by atoms with E-state index in [2.05, 4.69) is 10.3 Å². The molecule has 0 fully saturated rings. The summed E-state index contributed by atoms with van der Waals surface area (Å²) >= 11 is 1.19. The molecule has 1 heterocycles. The van der Waals surface area contributed by atoms with Gasteiger partial charge in [-0.15, -0.1) is 0 Å². The lowest BCUT2D eigenvalue weighted by Gasteiger charge is -2.03. The SMILES string of the molecule is O=C(Cc1ccccc1)Nc1cnc(OCCC(O)O)s1. The van der Waals surface area contributed by atoms with Gasteiger partial charge in [-0.3, -0.25) is 4.79 Å². The first kappa shape index (κ1) is 15.4. The quantitative estimate of drug-likeness (QED) is 0.673. The van der Waals surface area contributed by atoms with Gasteiger partial charge in [-0.05, 0) is 5.56 Å². The van der Waals surface area contributed by atoms with Gasteiger partial charge < -0.3 is 20.3 Å². The van der Waals surface area contributed by atoms with Crippen LogP contribution in [0.5, 0.6) is 5.19 Å². The summed E-state index contributed by atoms with van der Waals surface area (Å²) in [5.74, 6) is -0.123. The summed E-state index contributed by atoms with van der Waals surface area (Å²) in [6.07, 6.45) is 0.522. The number of amides is 1. The summed E-state index contributed by atoms with van der Waals surface area (Å²) in [5.41, 5.74) is 0.938. The van der Waals surface area contributed by atoms with Crippen LogP contribution in [-0.2, 0) is 11.2 Å². The Labute approximate surface area is 126 Å². The summed E-state index contributed by atoms with van der Waals surface area (Å²) in [4.78, 5) is 15.8. The summed E-state index contributed by atoms with van der Waals surface area (Å²) in [6.45, 7) is 0.155. The van der Waals surface area contributed by atoms with Gasteiger partial charge in [-0.25, -0.2) is 4.98 Å². The lowest BCUT2D eigenvalue weighted by atomic mass is 10.1. The second-order valence-corrected chi connectivity index (χ2v) is 5.31. The van der Waals surface area contributed by atoms with Crippen LogP contribution in [0.3, 0.4) is 0 Å². The molecule has 2 aromatic rings. The predicted octanol–water partition coefficient (Wildman–Crippen LogP) is 1.40. The number of benzene rings is 1. The highest BCUT2D eigenvalue weighted by molar-refractivity contribution is 7.17. The number of aliphatic hydroxyl groups excluding tert-OH is 1. The highest BCUT2D eigenvalue weighted by atomic mass is 32.1. The van der Waals surface area contributed by atoms with Crippen molar-refractivity contribution in [2.75, 3.05) is 11.9 Å². The molecule has 0 aliphatic rings. The van der Waals surface area contributed by atoms with Crippen molar-refractivity contribution in [1.29, 1.82) is 0 Å². The molecule has 0 atom stereocenters. The molecule has 0 aliphatic heterocycles. The van der Waals surface area contributed by atoms with Gasteiger partial charge in [0, 0.05) is 6.42 Å². The molecule has 0 aliphatic carbocycles. The van der Waals surface area contributed by atoms with E-state index in [1.165, 1.54) is 17.5 Å². The molecule has 7 heteroatoms. The Bertz CT molecular complexity index is 571. The van der Waals surface area contributed by atoms with Gasteiger partial charge in [0.2, 0.25) is 5.91 Å². The first-order valence-electron chi connectivity index (χ1n) is 6.42. The number of carbonyl (C=O) groups excluding carboxylic acids is 1. The average molecular weight is 308 g/mol. The van der Waals surface area contributed by atoms with Crippen molar-refractivity contribution in [3.8, 4) is 5.19 Å². The molecule has 21 heavy (non-hydrogen) atoms. The van der Waals surface area contributed by atoms with Crippen molar-refractivity contribution in [2.45, 2.75) is 19.1 Å². The minimum absolute atomic E-state index is 0.106. The largest absolute Gasteiger partial charge is 0.470 e. The first-order chi connectivity index (χ1) is 10.1. The number of aliphatic hydroxyl groups is 2. The average Bonchev–Trinajstić information content (AvgIpc) is 2.86. The van der Waals surface area contributed by atoms with Crippen LogP contribution in [0.4, 0.5) is 5.00 Å². The smallest absolute Gasteiger partial charge is 0.275 e. The number of thiazole rings is 1. The maximum absolute atomic E-state index is 11.9. The van der Waals surface area contributed by atoms with Crippen molar-refractivity contribution in [3.63, 3.8) is 0 Å². The summed E-state index contributed by atoms with van der Waals surface area (Å²) in [6, 6.07) is 9.45. The number of nitrogens with one attached hydrogen (secondary N) is 1. The van der Waals surface area contributed by atoms with Crippen LogP contribution in [0.25, 0.3) is 0 Å². The minimum atomic E-state index is -1.39. The van der Waals surface area contributed by atoms with E-state index in [-0.39, 0.29) is 18.9 Å². The number of rotatable bonds is 7. The van der Waals surface area contributed by atoms with Crippen LogP contribution < -0.4 is 10.1 Å². The van der Waals surface area contributed by atoms with Gasteiger partial charge in [0.1, 0.15) is 5.00 Å². The third kappa shape index (κ3) is 5.50. The van der Waals surface area contributed by atoms with Gasteiger partial charge in [-0.1, -0.05) is 41.7 Å². The zero-order chi connectivity index (χ0) is 15.1. The van der Waals surface area contributed by atoms with Gasteiger partial charge in [0.25, 0.3) is 5.19 Å². The van der Waals surface area contributed by atoms with Crippen LogP contribution in [-0.4, -0.2) is 34.0 Å². The van der Waals surface area contributed by atoms with E-state index in [9.17, 15) is 4.79 Å². The van der Waals surface area contributed by atoms with Crippen molar-refractivity contribution in [2.24, 2.45) is 0 Å². The third-order valence-corrected chi connectivity index (χ3v) is 3.38. The zero-order valence-electron chi connectivity index (χ0n) is 11.2. The third-order valence-electron chi connectivity index (χ3n) is 2.56. The maximum atomic E-state index is 11.9. The van der Waals surface area contributed by atoms with E-state index in [1.54, 1.807) is 0 Å². The van der Waals surface area contributed by atoms with E-state index in [4.69, 9.17) is 14.9 Å². The first-order valence-corrected chi connectivity index (χ1v) is 7.23. The second-order valence-electron chi connectivity index (χ2n) is 4.32. The Morgan fingerprint density at radius 3 is 2.81 bits per heavy atom. The zero-order valence-corrected chi connectivity index (χ0v) is 12.0. The van der Waals surface area contributed by atoms with E-state index in [1.807, 2.05) is 30.3 Å². The Balaban J connectivity index is 1.80. The molecule has 2 rings (SSSR count). The van der Waals surface area contributed by atoms with Crippen LogP contribution in [0.2, 0.25) is 0 Å².